The molecule has 0 radical (unpaired) electrons. The van der Waals surface area contributed by atoms with E-state index >= 15 is 0 Å². The lowest BCUT2D eigenvalue weighted by Crippen LogP contribution is -1.89. The van der Waals surface area contributed by atoms with Crippen molar-refractivity contribution in [2.45, 2.75) is 6.92 Å². The monoisotopic (exact) mass is 267 g/mol. The van der Waals surface area contributed by atoms with Crippen molar-refractivity contribution in [1.29, 1.82) is 0 Å². The first-order valence-corrected chi connectivity index (χ1v) is 5.81. The molecule has 0 aliphatic carbocycles. The van der Waals surface area contributed by atoms with Gasteiger partial charge in [-0.1, -0.05) is 29.3 Å². The number of aryl methyl sites for hydroxylation is 1. The normalized spacial score (nSPS) is 10.3. The molecule has 2 N–H and O–H groups in total. The fourth-order valence-electron chi connectivity index (χ4n) is 1.41. The van der Waals surface area contributed by atoms with Gasteiger partial charge < -0.3 is 10.5 Å². The number of hydrogen-bond donors (Lipinski definition) is 1. The quantitative estimate of drug-likeness (QED) is 0.803. The Morgan fingerprint density at radius 3 is 2.12 bits per heavy atom. The summed E-state index contributed by atoms with van der Waals surface area (Å²) in [5.74, 6) is 1.11. The lowest BCUT2D eigenvalue weighted by Gasteiger charge is -2.09. The standard InChI is InChI=1S/C13H11Cl2NO/c1-8-2-4-12(10(14)6-8)17-13-5-3-9(16)7-11(13)15/h2-7H,16H2,1H3. The first-order chi connectivity index (χ1) is 8.06. The van der Waals surface area contributed by atoms with Crippen LogP contribution in [0.15, 0.2) is 36.4 Å². The Morgan fingerprint density at radius 2 is 1.53 bits per heavy atom. The minimum absolute atomic E-state index is 0.460. The topological polar surface area (TPSA) is 35.2 Å². The summed E-state index contributed by atoms with van der Waals surface area (Å²) in [6.45, 7) is 1.96. The van der Waals surface area contributed by atoms with Crippen LogP contribution in [0.2, 0.25) is 10.0 Å². The number of hydrogen-bond acceptors (Lipinski definition) is 2. The van der Waals surface area contributed by atoms with Crippen molar-refractivity contribution in [2.24, 2.45) is 0 Å². The summed E-state index contributed by atoms with van der Waals surface area (Å²) >= 11 is 12.1. The van der Waals surface area contributed by atoms with E-state index in [0.29, 0.717) is 27.2 Å². The maximum absolute atomic E-state index is 6.07. The van der Waals surface area contributed by atoms with Gasteiger partial charge in [0.1, 0.15) is 11.5 Å². The van der Waals surface area contributed by atoms with Gasteiger partial charge in [0.15, 0.2) is 0 Å². The molecule has 0 aliphatic rings. The lowest BCUT2D eigenvalue weighted by molar-refractivity contribution is 0.483. The van der Waals surface area contributed by atoms with Crippen LogP contribution in [-0.4, -0.2) is 0 Å². The molecule has 0 bridgehead atoms. The van der Waals surface area contributed by atoms with Gasteiger partial charge in [0.05, 0.1) is 10.0 Å². The summed E-state index contributed by atoms with van der Waals surface area (Å²) in [6.07, 6.45) is 0. The van der Waals surface area contributed by atoms with Crippen LogP contribution in [0.1, 0.15) is 5.56 Å². The van der Waals surface area contributed by atoms with Crippen molar-refractivity contribution in [3.05, 3.63) is 52.0 Å². The number of nitrogen functional groups attached to an aromatic ring is 1. The summed E-state index contributed by atoms with van der Waals surface area (Å²) < 4.78 is 5.63. The molecule has 0 saturated heterocycles. The first-order valence-electron chi connectivity index (χ1n) is 5.05. The average molecular weight is 268 g/mol. The zero-order valence-electron chi connectivity index (χ0n) is 9.21. The molecule has 4 heteroatoms. The van der Waals surface area contributed by atoms with E-state index in [1.807, 2.05) is 25.1 Å². The van der Waals surface area contributed by atoms with Crippen LogP contribution in [0.3, 0.4) is 0 Å². The largest absolute Gasteiger partial charge is 0.454 e. The van der Waals surface area contributed by atoms with E-state index in [-0.39, 0.29) is 0 Å². The van der Waals surface area contributed by atoms with Crippen LogP contribution in [0.25, 0.3) is 0 Å². The molecule has 0 aromatic heterocycles. The van der Waals surface area contributed by atoms with E-state index in [1.54, 1.807) is 18.2 Å². The molecular formula is C13H11Cl2NO. The Bertz CT molecular complexity index is 506. The summed E-state index contributed by atoms with van der Waals surface area (Å²) in [6, 6.07) is 10.6. The molecule has 0 atom stereocenters. The van der Waals surface area contributed by atoms with Gasteiger partial charge in [-0.15, -0.1) is 0 Å². The van der Waals surface area contributed by atoms with Crippen LogP contribution in [0, 0.1) is 6.92 Å². The molecule has 2 rings (SSSR count). The van der Waals surface area contributed by atoms with Crippen LogP contribution >= 0.6 is 23.2 Å². The molecule has 0 amide bonds. The average Bonchev–Trinajstić information content (AvgIpc) is 2.25. The molecule has 2 aromatic rings. The minimum Gasteiger partial charge on any atom is -0.454 e. The van der Waals surface area contributed by atoms with Crippen LogP contribution < -0.4 is 10.5 Å². The molecule has 0 saturated carbocycles. The second-order valence-corrected chi connectivity index (χ2v) is 4.54. The Hall–Kier alpha value is -1.38. The highest BCUT2D eigenvalue weighted by molar-refractivity contribution is 6.33. The maximum Gasteiger partial charge on any atom is 0.146 e. The Kier molecular flexibility index (Phi) is 3.46. The van der Waals surface area contributed by atoms with Crippen molar-refractivity contribution in [2.75, 3.05) is 5.73 Å². The molecule has 2 nitrogen and oxygen atoms in total. The van der Waals surface area contributed by atoms with Gasteiger partial charge in [-0.25, -0.2) is 0 Å². The van der Waals surface area contributed by atoms with E-state index in [4.69, 9.17) is 33.7 Å². The Morgan fingerprint density at radius 1 is 0.941 bits per heavy atom. The smallest absolute Gasteiger partial charge is 0.146 e. The van der Waals surface area contributed by atoms with Gasteiger partial charge in [0.25, 0.3) is 0 Å². The lowest BCUT2D eigenvalue weighted by atomic mass is 10.2. The molecule has 2 aromatic carbocycles. The Labute approximate surface area is 110 Å². The molecule has 0 heterocycles. The van der Waals surface area contributed by atoms with E-state index in [1.165, 1.54) is 0 Å². The summed E-state index contributed by atoms with van der Waals surface area (Å²) in [4.78, 5) is 0. The second-order valence-electron chi connectivity index (χ2n) is 3.73. The summed E-state index contributed by atoms with van der Waals surface area (Å²) in [7, 11) is 0. The molecule has 0 spiro atoms. The van der Waals surface area contributed by atoms with E-state index in [0.717, 1.165) is 5.56 Å². The van der Waals surface area contributed by atoms with Crippen LogP contribution in [-0.2, 0) is 0 Å². The fourth-order valence-corrected chi connectivity index (χ4v) is 1.91. The number of rotatable bonds is 2. The number of anilines is 1. The number of nitrogens with two attached hydrogens (primary N) is 1. The molecule has 17 heavy (non-hydrogen) atoms. The first kappa shape index (κ1) is 12.1. The van der Waals surface area contributed by atoms with Gasteiger partial charge in [0.2, 0.25) is 0 Å². The van der Waals surface area contributed by atoms with E-state index < -0.39 is 0 Å². The zero-order chi connectivity index (χ0) is 12.4. The SMILES string of the molecule is Cc1ccc(Oc2ccc(N)cc2Cl)c(Cl)c1. The summed E-state index contributed by atoms with van der Waals surface area (Å²) in [5, 5.41) is 1.01. The predicted molar refractivity (Wildman–Crippen MR) is 72.1 cm³/mol. The van der Waals surface area contributed by atoms with Crippen LogP contribution in [0.5, 0.6) is 11.5 Å². The maximum atomic E-state index is 6.07. The van der Waals surface area contributed by atoms with Gasteiger partial charge >= 0.3 is 0 Å². The number of benzene rings is 2. The third kappa shape index (κ3) is 2.84. The van der Waals surface area contributed by atoms with Crippen molar-refractivity contribution < 1.29 is 4.74 Å². The Balaban J connectivity index is 2.31. The van der Waals surface area contributed by atoms with Gasteiger partial charge in [0, 0.05) is 5.69 Å². The predicted octanol–water partition coefficient (Wildman–Crippen LogP) is 4.68. The molecule has 0 fully saturated rings. The highest BCUT2D eigenvalue weighted by Gasteiger charge is 2.06. The molecular weight excluding hydrogens is 257 g/mol. The number of ether oxygens (including phenoxy) is 1. The van der Waals surface area contributed by atoms with Gasteiger partial charge in [-0.3, -0.25) is 0 Å². The molecule has 0 unspecified atom stereocenters. The summed E-state index contributed by atoms with van der Waals surface area (Å²) in [5.41, 5.74) is 7.27. The third-order valence-corrected chi connectivity index (χ3v) is 2.85. The minimum atomic E-state index is 0.460. The second kappa shape index (κ2) is 4.86. The van der Waals surface area contributed by atoms with E-state index in [9.17, 15) is 0 Å². The van der Waals surface area contributed by atoms with E-state index in [2.05, 4.69) is 0 Å². The van der Waals surface area contributed by atoms with Crippen LogP contribution in [0.4, 0.5) is 5.69 Å². The highest BCUT2D eigenvalue weighted by Crippen LogP contribution is 2.34. The zero-order valence-corrected chi connectivity index (χ0v) is 10.7. The van der Waals surface area contributed by atoms with Crippen molar-refractivity contribution in [1.82, 2.24) is 0 Å². The fraction of sp³-hybridized carbons (Fsp3) is 0.0769. The highest BCUT2D eigenvalue weighted by atomic mass is 35.5. The molecule has 0 aliphatic heterocycles. The van der Waals surface area contributed by atoms with Gasteiger partial charge in [-0.2, -0.15) is 0 Å². The van der Waals surface area contributed by atoms with Crippen molar-refractivity contribution >= 4 is 28.9 Å². The van der Waals surface area contributed by atoms with Gasteiger partial charge in [-0.05, 0) is 42.8 Å². The van der Waals surface area contributed by atoms with Crippen molar-refractivity contribution in [3.63, 3.8) is 0 Å². The third-order valence-electron chi connectivity index (χ3n) is 2.26. The van der Waals surface area contributed by atoms with Crippen molar-refractivity contribution in [3.8, 4) is 11.5 Å². The number of halogens is 2. The molecule has 88 valence electrons.